The standard InChI is InChI=1S/C23H29N3O4/c1-23(2,3)19-6-4-5-7-20(19)25-12-14-26(15-13-25)22(29)24-17-8-10-18(11-9-17)30-16-21(27)28/h4-11H,12-16H2,1-3H3,(H,24,29)(H,27,28). The molecular weight excluding hydrogens is 382 g/mol. The first-order valence-corrected chi connectivity index (χ1v) is 10.1. The van der Waals surface area contributed by atoms with E-state index < -0.39 is 12.6 Å². The van der Waals surface area contributed by atoms with Crippen molar-refractivity contribution >= 4 is 23.4 Å². The molecule has 3 rings (SSSR count). The van der Waals surface area contributed by atoms with Gasteiger partial charge in [0.1, 0.15) is 5.75 Å². The third-order valence-corrected chi connectivity index (χ3v) is 5.09. The fourth-order valence-electron chi connectivity index (χ4n) is 3.52. The number of aliphatic carboxylic acids is 1. The van der Waals surface area contributed by atoms with Gasteiger partial charge < -0.3 is 25.0 Å². The highest BCUT2D eigenvalue weighted by Gasteiger charge is 2.25. The van der Waals surface area contributed by atoms with Crippen LogP contribution in [0.1, 0.15) is 26.3 Å². The molecule has 0 atom stereocenters. The Bertz CT molecular complexity index is 882. The van der Waals surface area contributed by atoms with Crippen LogP contribution >= 0.6 is 0 Å². The number of urea groups is 1. The molecule has 30 heavy (non-hydrogen) atoms. The maximum atomic E-state index is 12.6. The Morgan fingerprint density at radius 3 is 2.23 bits per heavy atom. The number of para-hydroxylation sites is 1. The molecule has 160 valence electrons. The van der Waals surface area contributed by atoms with Crippen molar-refractivity contribution in [3.05, 3.63) is 54.1 Å². The van der Waals surface area contributed by atoms with Gasteiger partial charge in [-0.15, -0.1) is 0 Å². The molecule has 0 aliphatic carbocycles. The van der Waals surface area contributed by atoms with Crippen LogP contribution in [0.15, 0.2) is 48.5 Å². The van der Waals surface area contributed by atoms with Gasteiger partial charge in [-0.2, -0.15) is 0 Å². The zero-order valence-corrected chi connectivity index (χ0v) is 17.7. The van der Waals surface area contributed by atoms with Crippen molar-refractivity contribution in [2.24, 2.45) is 0 Å². The van der Waals surface area contributed by atoms with Crippen LogP contribution in [0.2, 0.25) is 0 Å². The topological polar surface area (TPSA) is 82.1 Å². The lowest BCUT2D eigenvalue weighted by Gasteiger charge is -2.38. The average Bonchev–Trinajstić information content (AvgIpc) is 2.72. The van der Waals surface area contributed by atoms with Gasteiger partial charge in [0.15, 0.2) is 6.61 Å². The molecule has 0 radical (unpaired) electrons. The van der Waals surface area contributed by atoms with Gasteiger partial charge in [0.2, 0.25) is 0 Å². The molecule has 7 nitrogen and oxygen atoms in total. The first-order valence-electron chi connectivity index (χ1n) is 10.1. The van der Waals surface area contributed by atoms with Crippen molar-refractivity contribution in [1.82, 2.24) is 4.90 Å². The van der Waals surface area contributed by atoms with E-state index in [1.807, 2.05) is 4.90 Å². The Balaban J connectivity index is 1.55. The summed E-state index contributed by atoms with van der Waals surface area (Å²) < 4.78 is 5.10. The summed E-state index contributed by atoms with van der Waals surface area (Å²) in [6.07, 6.45) is 0. The van der Waals surface area contributed by atoms with Crippen LogP contribution < -0.4 is 15.0 Å². The number of rotatable bonds is 5. The third kappa shape index (κ3) is 5.43. The van der Waals surface area contributed by atoms with Crippen LogP contribution in [-0.4, -0.2) is 54.8 Å². The van der Waals surface area contributed by atoms with Gasteiger partial charge in [0.25, 0.3) is 0 Å². The quantitative estimate of drug-likeness (QED) is 0.782. The highest BCUT2D eigenvalue weighted by atomic mass is 16.5. The molecule has 2 N–H and O–H groups in total. The van der Waals surface area contributed by atoms with Crippen molar-refractivity contribution in [2.45, 2.75) is 26.2 Å². The Kier molecular flexibility index (Phi) is 6.50. The fraction of sp³-hybridized carbons (Fsp3) is 0.391. The zero-order chi connectivity index (χ0) is 21.7. The smallest absolute Gasteiger partial charge is 0.341 e. The van der Waals surface area contributed by atoms with E-state index in [0.29, 0.717) is 24.5 Å². The van der Waals surface area contributed by atoms with Crippen molar-refractivity contribution in [1.29, 1.82) is 0 Å². The van der Waals surface area contributed by atoms with Gasteiger partial charge in [0, 0.05) is 37.6 Å². The van der Waals surface area contributed by atoms with Crippen molar-refractivity contribution in [2.75, 3.05) is 43.0 Å². The largest absolute Gasteiger partial charge is 0.482 e. The molecule has 0 spiro atoms. The normalized spacial score (nSPS) is 14.4. The van der Waals surface area contributed by atoms with E-state index in [1.165, 1.54) is 11.3 Å². The number of carbonyl (C=O) groups is 2. The van der Waals surface area contributed by atoms with E-state index in [0.717, 1.165) is 13.1 Å². The molecule has 7 heteroatoms. The summed E-state index contributed by atoms with van der Waals surface area (Å²) in [4.78, 5) is 27.3. The summed E-state index contributed by atoms with van der Waals surface area (Å²) in [6, 6.07) is 15.0. The minimum absolute atomic E-state index is 0.0610. The number of carboxylic acids is 1. The predicted octanol–water partition coefficient (Wildman–Crippen LogP) is 3.80. The second-order valence-corrected chi connectivity index (χ2v) is 8.38. The van der Waals surface area contributed by atoms with Gasteiger partial charge in [0.05, 0.1) is 0 Å². The minimum Gasteiger partial charge on any atom is -0.482 e. The van der Waals surface area contributed by atoms with Crippen LogP contribution in [0.25, 0.3) is 0 Å². The number of carbonyl (C=O) groups excluding carboxylic acids is 1. The molecule has 2 amide bonds. The molecule has 2 aromatic carbocycles. The van der Waals surface area contributed by atoms with Gasteiger partial charge >= 0.3 is 12.0 Å². The first-order chi connectivity index (χ1) is 14.2. The monoisotopic (exact) mass is 411 g/mol. The number of nitrogens with one attached hydrogen (secondary N) is 1. The first kappa shape index (κ1) is 21.5. The van der Waals surface area contributed by atoms with Crippen LogP contribution in [0, 0.1) is 0 Å². The Hall–Kier alpha value is -3.22. The average molecular weight is 412 g/mol. The molecule has 1 aliphatic heterocycles. The van der Waals surface area contributed by atoms with E-state index in [9.17, 15) is 9.59 Å². The van der Waals surface area contributed by atoms with E-state index in [2.05, 4.69) is 55.3 Å². The number of nitrogens with zero attached hydrogens (tertiary/aromatic N) is 2. The summed E-state index contributed by atoms with van der Waals surface area (Å²) >= 11 is 0. The van der Waals surface area contributed by atoms with Crippen LogP contribution in [0.4, 0.5) is 16.2 Å². The maximum absolute atomic E-state index is 12.6. The third-order valence-electron chi connectivity index (χ3n) is 5.09. The van der Waals surface area contributed by atoms with Crippen LogP contribution in [0.3, 0.4) is 0 Å². The summed E-state index contributed by atoms with van der Waals surface area (Å²) in [5, 5.41) is 11.5. The second-order valence-electron chi connectivity index (χ2n) is 8.38. The SMILES string of the molecule is CC(C)(C)c1ccccc1N1CCN(C(=O)Nc2ccc(OCC(=O)O)cc2)CC1. The molecule has 1 aliphatic rings. The lowest BCUT2D eigenvalue weighted by Crippen LogP contribution is -2.50. The van der Waals surface area contributed by atoms with Crippen LogP contribution in [-0.2, 0) is 10.2 Å². The van der Waals surface area contributed by atoms with E-state index in [4.69, 9.17) is 9.84 Å². The number of hydrogen-bond acceptors (Lipinski definition) is 4. The number of ether oxygens (including phenoxy) is 1. The van der Waals surface area contributed by atoms with Crippen molar-refractivity contribution in [3.63, 3.8) is 0 Å². The lowest BCUT2D eigenvalue weighted by molar-refractivity contribution is -0.139. The predicted molar refractivity (Wildman–Crippen MR) is 118 cm³/mol. The molecule has 1 heterocycles. The molecule has 0 bridgehead atoms. The molecular formula is C23H29N3O4. The molecule has 1 saturated heterocycles. The summed E-state index contributed by atoms with van der Waals surface area (Å²) in [5.74, 6) is -0.585. The lowest BCUT2D eigenvalue weighted by atomic mass is 9.85. The van der Waals surface area contributed by atoms with Gasteiger partial charge in [-0.1, -0.05) is 39.0 Å². The van der Waals surface area contributed by atoms with Crippen LogP contribution in [0.5, 0.6) is 5.75 Å². The fourth-order valence-corrected chi connectivity index (χ4v) is 3.52. The van der Waals surface area contributed by atoms with E-state index in [1.54, 1.807) is 24.3 Å². The number of carboxylic acid groups (broad SMARTS) is 1. The summed E-state index contributed by atoms with van der Waals surface area (Å²) in [5.41, 5.74) is 3.25. The Morgan fingerprint density at radius 2 is 1.63 bits per heavy atom. The number of benzene rings is 2. The number of amides is 2. The van der Waals surface area contributed by atoms with Gasteiger partial charge in [-0.05, 0) is 41.3 Å². The maximum Gasteiger partial charge on any atom is 0.341 e. The highest BCUT2D eigenvalue weighted by Crippen LogP contribution is 2.32. The molecule has 1 fully saturated rings. The van der Waals surface area contributed by atoms with Gasteiger partial charge in [-0.25, -0.2) is 9.59 Å². The van der Waals surface area contributed by atoms with E-state index >= 15 is 0 Å². The van der Waals surface area contributed by atoms with Gasteiger partial charge in [-0.3, -0.25) is 0 Å². The number of hydrogen-bond donors (Lipinski definition) is 2. The van der Waals surface area contributed by atoms with Crippen molar-refractivity contribution < 1.29 is 19.4 Å². The number of anilines is 2. The number of piperazine rings is 1. The minimum atomic E-state index is -1.03. The summed E-state index contributed by atoms with van der Waals surface area (Å²) in [6.45, 7) is 9.10. The molecule has 0 aromatic heterocycles. The van der Waals surface area contributed by atoms with Crippen molar-refractivity contribution in [3.8, 4) is 5.75 Å². The Morgan fingerprint density at radius 1 is 1.00 bits per heavy atom. The Labute approximate surface area is 177 Å². The molecule has 0 unspecified atom stereocenters. The summed E-state index contributed by atoms with van der Waals surface area (Å²) in [7, 11) is 0. The zero-order valence-electron chi connectivity index (χ0n) is 17.7. The van der Waals surface area contributed by atoms with E-state index in [-0.39, 0.29) is 11.4 Å². The second kappa shape index (κ2) is 9.07. The highest BCUT2D eigenvalue weighted by molar-refractivity contribution is 5.89. The molecule has 0 saturated carbocycles. The molecule has 2 aromatic rings.